The van der Waals surface area contributed by atoms with E-state index >= 15 is 0 Å². The van der Waals surface area contributed by atoms with Crippen molar-refractivity contribution in [3.8, 4) is 5.75 Å². The Kier molecular flexibility index (Phi) is 4.33. The molecule has 1 heterocycles. The first kappa shape index (κ1) is 15.8. The van der Waals surface area contributed by atoms with Crippen molar-refractivity contribution in [3.63, 3.8) is 0 Å². The molecule has 0 radical (unpaired) electrons. The fraction of sp³-hybridized carbons (Fsp3) is 0.158. The van der Waals surface area contributed by atoms with Crippen molar-refractivity contribution in [2.45, 2.75) is 13.5 Å². The van der Waals surface area contributed by atoms with Crippen LogP contribution in [0.15, 0.2) is 59.5 Å². The number of aromatic nitrogens is 1. The smallest absolute Gasteiger partial charge is 0.254 e. The molecular weight excluding hydrogens is 304 g/mol. The third-order valence-corrected chi connectivity index (χ3v) is 3.82. The molecule has 0 saturated heterocycles. The molecule has 2 N–H and O–H groups in total. The van der Waals surface area contributed by atoms with Gasteiger partial charge < -0.3 is 15.0 Å². The number of hydrogen-bond donors (Lipinski definition) is 1. The molecule has 0 unspecified atom stereocenters. The third kappa shape index (κ3) is 3.01. The monoisotopic (exact) mass is 322 g/mol. The van der Waals surface area contributed by atoms with Gasteiger partial charge in [0.25, 0.3) is 5.91 Å². The Morgan fingerprint density at radius 3 is 2.58 bits per heavy atom. The Morgan fingerprint density at radius 2 is 1.92 bits per heavy atom. The third-order valence-electron chi connectivity index (χ3n) is 3.82. The molecule has 5 nitrogen and oxygen atoms in total. The quantitative estimate of drug-likeness (QED) is 0.784. The molecule has 0 aliphatic carbocycles. The van der Waals surface area contributed by atoms with E-state index in [0.29, 0.717) is 24.3 Å². The second-order valence-corrected chi connectivity index (χ2v) is 5.46. The molecule has 2 aromatic carbocycles. The zero-order valence-corrected chi connectivity index (χ0v) is 13.4. The minimum absolute atomic E-state index is 0.0212. The maximum atomic E-state index is 12.6. The standard InChI is InChI=1S/C19H18N2O3/c1-2-24-14-8-9-17-15(10-14)18(22)16(19(20)23)12-21(17)11-13-6-4-3-5-7-13/h3-10,12H,2,11H2,1H3,(H2,20,23). The average Bonchev–Trinajstić information content (AvgIpc) is 2.58. The van der Waals surface area contributed by atoms with Crippen LogP contribution < -0.4 is 15.9 Å². The summed E-state index contributed by atoms with van der Waals surface area (Å²) >= 11 is 0. The Morgan fingerprint density at radius 1 is 1.17 bits per heavy atom. The number of pyridine rings is 1. The average molecular weight is 322 g/mol. The highest BCUT2D eigenvalue weighted by atomic mass is 16.5. The summed E-state index contributed by atoms with van der Waals surface area (Å²) in [5.74, 6) is -0.138. The molecule has 0 atom stereocenters. The lowest BCUT2D eigenvalue weighted by Gasteiger charge is -2.14. The molecule has 1 amide bonds. The van der Waals surface area contributed by atoms with Crippen molar-refractivity contribution in [2.24, 2.45) is 5.73 Å². The number of rotatable bonds is 5. The first-order valence-electron chi connectivity index (χ1n) is 7.74. The first-order chi connectivity index (χ1) is 11.6. The van der Waals surface area contributed by atoms with E-state index in [1.54, 1.807) is 6.07 Å². The van der Waals surface area contributed by atoms with Gasteiger partial charge in [-0.3, -0.25) is 9.59 Å². The predicted molar refractivity (Wildman–Crippen MR) is 93.4 cm³/mol. The molecular formula is C19H18N2O3. The van der Waals surface area contributed by atoms with Crippen LogP contribution in [0.2, 0.25) is 0 Å². The molecule has 24 heavy (non-hydrogen) atoms. The number of nitrogens with two attached hydrogens (primary N) is 1. The van der Waals surface area contributed by atoms with Gasteiger partial charge in [0.05, 0.1) is 17.5 Å². The van der Waals surface area contributed by atoms with E-state index in [0.717, 1.165) is 11.1 Å². The molecule has 122 valence electrons. The number of hydrogen-bond acceptors (Lipinski definition) is 3. The van der Waals surface area contributed by atoms with Gasteiger partial charge in [-0.1, -0.05) is 30.3 Å². The summed E-state index contributed by atoms with van der Waals surface area (Å²) < 4.78 is 7.33. The molecule has 3 rings (SSSR count). The van der Waals surface area contributed by atoms with Crippen LogP contribution in [0.4, 0.5) is 0 Å². The molecule has 3 aromatic rings. The van der Waals surface area contributed by atoms with Crippen molar-refractivity contribution in [2.75, 3.05) is 6.61 Å². The van der Waals surface area contributed by atoms with E-state index in [2.05, 4.69) is 0 Å². The SMILES string of the molecule is CCOc1ccc2c(c1)c(=O)c(C(N)=O)cn2Cc1ccccc1. The minimum Gasteiger partial charge on any atom is -0.494 e. The minimum atomic E-state index is -0.731. The lowest BCUT2D eigenvalue weighted by atomic mass is 10.1. The molecule has 1 aromatic heterocycles. The summed E-state index contributed by atoms with van der Waals surface area (Å²) in [7, 11) is 0. The number of amides is 1. The lowest BCUT2D eigenvalue weighted by molar-refractivity contribution is 0.0998. The highest BCUT2D eigenvalue weighted by molar-refractivity contribution is 5.96. The number of primary amides is 1. The van der Waals surface area contributed by atoms with Gasteiger partial charge in [-0.25, -0.2) is 0 Å². The van der Waals surface area contributed by atoms with Crippen LogP contribution in [-0.2, 0) is 6.54 Å². The van der Waals surface area contributed by atoms with Gasteiger partial charge in [0.1, 0.15) is 11.3 Å². The molecule has 0 aliphatic rings. The van der Waals surface area contributed by atoms with Crippen molar-refractivity contribution in [1.29, 1.82) is 0 Å². The zero-order chi connectivity index (χ0) is 17.1. The van der Waals surface area contributed by atoms with Crippen molar-refractivity contribution in [3.05, 3.63) is 76.1 Å². The fourth-order valence-corrected chi connectivity index (χ4v) is 2.72. The van der Waals surface area contributed by atoms with Gasteiger partial charge in [-0.2, -0.15) is 0 Å². The van der Waals surface area contributed by atoms with Crippen molar-refractivity contribution < 1.29 is 9.53 Å². The van der Waals surface area contributed by atoms with Crippen molar-refractivity contribution >= 4 is 16.8 Å². The number of carbonyl (C=O) groups excluding carboxylic acids is 1. The highest BCUT2D eigenvalue weighted by Crippen LogP contribution is 2.20. The summed E-state index contributed by atoms with van der Waals surface area (Å²) in [6, 6.07) is 15.1. The van der Waals surface area contributed by atoms with E-state index in [1.807, 2.05) is 54.0 Å². The highest BCUT2D eigenvalue weighted by Gasteiger charge is 2.14. The normalized spacial score (nSPS) is 10.7. The number of carbonyl (C=O) groups is 1. The van der Waals surface area contributed by atoms with Crippen molar-refractivity contribution in [1.82, 2.24) is 4.57 Å². The second-order valence-electron chi connectivity index (χ2n) is 5.46. The van der Waals surface area contributed by atoms with Crippen LogP contribution in [0.1, 0.15) is 22.8 Å². The maximum Gasteiger partial charge on any atom is 0.254 e. The van der Waals surface area contributed by atoms with Gasteiger partial charge >= 0.3 is 0 Å². The molecule has 0 aliphatic heterocycles. The van der Waals surface area contributed by atoms with Gasteiger partial charge in [0.2, 0.25) is 5.43 Å². The lowest BCUT2D eigenvalue weighted by Crippen LogP contribution is -2.24. The Balaban J connectivity index is 2.22. The summed E-state index contributed by atoms with van der Waals surface area (Å²) in [6.07, 6.45) is 1.53. The number of ether oxygens (including phenoxy) is 1. The van der Waals surface area contributed by atoms with Crippen LogP contribution >= 0.6 is 0 Å². The van der Waals surface area contributed by atoms with E-state index in [-0.39, 0.29) is 11.0 Å². The maximum absolute atomic E-state index is 12.6. The van der Waals surface area contributed by atoms with Gasteiger partial charge in [0, 0.05) is 12.7 Å². The zero-order valence-electron chi connectivity index (χ0n) is 13.4. The van der Waals surface area contributed by atoms with E-state index in [4.69, 9.17) is 10.5 Å². The van der Waals surface area contributed by atoms with Crippen LogP contribution in [0.25, 0.3) is 10.9 Å². The van der Waals surface area contributed by atoms with E-state index in [9.17, 15) is 9.59 Å². The topological polar surface area (TPSA) is 74.3 Å². The van der Waals surface area contributed by atoms with Crippen LogP contribution in [0, 0.1) is 0 Å². The largest absolute Gasteiger partial charge is 0.494 e. The Bertz CT molecular complexity index is 946. The van der Waals surface area contributed by atoms with Crippen LogP contribution in [-0.4, -0.2) is 17.1 Å². The summed E-state index contributed by atoms with van der Waals surface area (Å²) in [4.78, 5) is 24.2. The Labute approximate surface area is 139 Å². The number of nitrogens with zero attached hydrogens (tertiary/aromatic N) is 1. The Hall–Kier alpha value is -3.08. The summed E-state index contributed by atoms with van der Waals surface area (Å²) in [5, 5.41) is 0.424. The second kappa shape index (κ2) is 6.58. The number of fused-ring (bicyclic) bond motifs is 1. The van der Waals surface area contributed by atoms with Gasteiger partial charge in [-0.15, -0.1) is 0 Å². The molecule has 0 saturated carbocycles. The number of benzene rings is 2. The molecule has 0 spiro atoms. The summed E-state index contributed by atoms with van der Waals surface area (Å²) in [6.45, 7) is 2.91. The predicted octanol–water partition coefficient (Wildman–Crippen LogP) is 2.55. The molecule has 0 bridgehead atoms. The molecule has 0 fully saturated rings. The first-order valence-corrected chi connectivity index (χ1v) is 7.74. The summed E-state index contributed by atoms with van der Waals surface area (Å²) in [5.41, 5.74) is 6.78. The molecule has 5 heteroatoms. The van der Waals surface area contributed by atoms with Gasteiger partial charge in [0.15, 0.2) is 0 Å². The fourth-order valence-electron chi connectivity index (χ4n) is 2.72. The van der Waals surface area contributed by atoms with E-state index < -0.39 is 5.91 Å². The van der Waals surface area contributed by atoms with Crippen LogP contribution in [0.3, 0.4) is 0 Å². The van der Waals surface area contributed by atoms with Gasteiger partial charge in [-0.05, 0) is 30.7 Å². The van der Waals surface area contributed by atoms with Crippen LogP contribution in [0.5, 0.6) is 5.75 Å². The van der Waals surface area contributed by atoms with E-state index in [1.165, 1.54) is 6.20 Å².